The van der Waals surface area contributed by atoms with Crippen LogP contribution >= 0.6 is 0 Å². The molecule has 130 valence electrons. The molecule has 0 saturated heterocycles. The van der Waals surface area contributed by atoms with Crippen LogP contribution in [-0.2, 0) is 6.54 Å². The standard InChI is InChI=1S/C19H23N5O/c1-12(2)15-9-8-13(3)10-17(15)25-16-7-5-4-6-14(16)11-21-19-22-18(20)23-24-19/h4-10,12H,11H2,1-3H3,(H4,20,21,22,23,24). The van der Waals surface area contributed by atoms with Crippen molar-refractivity contribution in [2.75, 3.05) is 11.1 Å². The quantitative estimate of drug-likeness (QED) is 0.626. The molecule has 0 amide bonds. The molecule has 3 aromatic rings. The second-order valence-electron chi connectivity index (χ2n) is 6.30. The fraction of sp³-hybridized carbons (Fsp3) is 0.263. The highest BCUT2D eigenvalue weighted by molar-refractivity contribution is 5.45. The molecule has 0 bridgehead atoms. The van der Waals surface area contributed by atoms with E-state index in [9.17, 15) is 0 Å². The highest BCUT2D eigenvalue weighted by Crippen LogP contribution is 2.33. The van der Waals surface area contributed by atoms with Crippen molar-refractivity contribution in [3.63, 3.8) is 0 Å². The molecule has 2 aromatic carbocycles. The van der Waals surface area contributed by atoms with E-state index in [1.165, 1.54) is 11.1 Å². The van der Waals surface area contributed by atoms with Crippen molar-refractivity contribution < 1.29 is 4.74 Å². The largest absolute Gasteiger partial charge is 0.457 e. The zero-order valence-corrected chi connectivity index (χ0v) is 14.7. The van der Waals surface area contributed by atoms with Gasteiger partial charge >= 0.3 is 0 Å². The van der Waals surface area contributed by atoms with Gasteiger partial charge in [-0.25, -0.2) is 5.10 Å². The van der Waals surface area contributed by atoms with E-state index in [0.717, 1.165) is 17.1 Å². The molecule has 0 saturated carbocycles. The molecule has 0 unspecified atom stereocenters. The van der Waals surface area contributed by atoms with Crippen molar-refractivity contribution in [2.24, 2.45) is 0 Å². The Morgan fingerprint density at radius 3 is 2.68 bits per heavy atom. The first kappa shape index (κ1) is 16.8. The Balaban J connectivity index is 1.83. The maximum absolute atomic E-state index is 6.26. The van der Waals surface area contributed by atoms with Gasteiger partial charge in [0.25, 0.3) is 0 Å². The molecule has 3 rings (SSSR count). The Hall–Kier alpha value is -3.02. The highest BCUT2D eigenvalue weighted by Gasteiger charge is 2.12. The Morgan fingerprint density at radius 2 is 1.96 bits per heavy atom. The lowest BCUT2D eigenvalue weighted by Crippen LogP contribution is -2.03. The summed E-state index contributed by atoms with van der Waals surface area (Å²) in [6.45, 7) is 6.94. The third-order valence-corrected chi connectivity index (χ3v) is 3.92. The Bertz CT molecular complexity index is 857. The first-order chi connectivity index (χ1) is 12.0. The van der Waals surface area contributed by atoms with Crippen molar-refractivity contribution in [2.45, 2.75) is 33.2 Å². The van der Waals surface area contributed by atoms with E-state index in [0.29, 0.717) is 18.4 Å². The molecule has 0 aliphatic rings. The number of anilines is 2. The number of nitrogens with one attached hydrogen (secondary N) is 2. The molecule has 4 N–H and O–H groups in total. The molecule has 0 spiro atoms. The number of H-pyrrole nitrogens is 1. The van der Waals surface area contributed by atoms with Gasteiger partial charge in [0.05, 0.1) is 0 Å². The number of nitrogens with zero attached hydrogens (tertiary/aromatic N) is 2. The topological polar surface area (TPSA) is 88.8 Å². The number of aromatic nitrogens is 3. The average molecular weight is 337 g/mol. The molecule has 0 fully saturated rings. The van der Waals surface area contributed by atoms with E-state index in [1.54, 1.807) is 0 Å². The first-order valence-electron chi connectivity index (χ1n) is 8.31. The molecule has 0 atom stereocenters. The van der Waals surface area contributed by atoms with Gasteiger partial charge in [0, 0.05) is 12.1 Å². The zero-order valence-electron chi connectivity index (χ0n) is 14.7. The van der Waals surface area contributed by atoms with Gasteiger partial charge in [0.1, 0.15) is 11.5 Å². The maximum atomic E-state index is 6.26. The second-order valence-corrected chi connectivity index (χ2v) is 6.30. The minimum atomic E-state index is 0.286. The predicted octanol–water partition coefficient (Wildman–Crippen LogP) is 4.22. The van der Waals surface area contributed by atoms with Gasteiger partial charge in [0.15, 0.2) is 0 Å². The summed E-state index contributed by atoms with van der Waals surface area (Å²) >= 11 is 0. The van der Waals surface area contributed by atoms with E-state index in [1.807, 2.05) is 24.3 Å². The van der Waals surface area contributed by atoms with Crippen molar-refractivity contribution >= 4 is 11.9 Å². The number of benzene rings is 2. The van der Waals surface area contributed by atoms with Crippen LogP contribution in [0.5, 0.6) is 11.5 Å². The van der Waals surface area contributed by atoms with Crippen LogP contribution < -0.4 is 15.8 Å². The number of nitrogen functional groups attached to an aromatic ring is 1. The first-order valence-corrected chi connectivity index (χ1v) is 8.31. The molecule has 6 nitrogen and oxygen atoms in total. The lowest BCUT2D eigenvalue weighted by Gasteiger charge is -2.17. The van der Waals surface area contributed by atoms with Crippen LogP contribution in [0, 0.1) is 6.92 Å². The summed E-state index contributed by atoms with van der Waals surface area (Å²) in [5, 5.41) is 9.73. The molecular formula is C19H23N5O. The Morgan fingerprint density at radius 1 is 1.16 bits per heavy atom. The molecule has 0 aliphatic heterocycles. The average Bonchev–Trinajstić information content (AvgIpc) is 2.99. The fourth-order valence-electron chi connectivity index (χ4n) is 2.60. The molecule has 0 aliphatic carbocycles. The zero-order chi connectivity index (χ0) is 17.8. The van der Waals surface area contributed by atoms with E-state index in [-0.39, 0.29) is 5.95 Å². The monoisotopic (exact) mass is 337 g/mol. The van der Waals surface area contributed by atoms with Crippen LogP contribution in [0.2, 0.25) is 0 Å². The number of rotatable bonds is 6. The third kappa shape index (κ3) is 4.09. The minimum Gasteiger partial charge on any atom is -0.457 e. The number of ether oxygens (including phenoxy) is 1. The smallest absolute Gasteiger partial charge is 0.243 e. The van der Waals surface area contributed by atoms with Crippen molar-refractivity contribution in [3.8, 4) is 11.5 Å². The van der Waals surface area contributed by atoms with Gasteiger partial charge in [-0.1, -0.05) is 44.2 Å². The number of nitrogens with two attached hydrogens (primary N) is 1. The summed E-state index contributed by atoms with van der Waals surface area (Å²) in [5.41, 5.74) is 8.92. The number of aromatic amines is 1. The molecule has 25 heavy (non-hydrogen) atoms. The molecule has 1 aromatic heterocycles. The van der Waals surface area contributed by atoms with Gasteiger partial charge in [-0.2, -0.15) is 4.98 Å². The minimum absolute atomic E-state index is 0.286. The van der Waals surface area contributed by atoms with Gasteiger partial charge in [-0.05, 0) is 36.1 Å². The summed E-state index contributed by atoms with van der Waals surface area (Å²) in [6.07, 6.45) is 0. The molecule has 0 radical (unpaired) electrons. The van der Waals surface area contributed by atoms with Crippen LogP contribution in [-0.4, -0.2) is 15.2 Å². The van der Waals surface area contributed by atoms with Gasteiger partial charge in [0.2, 0.25) is 11.9 Å². The lowest BCUT2D eigenvalue weighted by molar-refractivity contribution is 0.467. The summed E-state index contributed by atoms with van der Waals surface area (Å²) in [6, 6.07) is 14.3. The van der Waals surface area contributed by atoms with E-state index in [2.05, 4.69) is 59.5 Å². The van der Waals surface area contributed by atoms with E-state index < -0.39 is 0 Å². The highest BCUT2D eigenvalue weighted by atomic mass is 16.5. The lowest BCUT2D eigenvalue weighted by atomic mass is 10.0. The summed E-state index contributed by atoms with van der Waals surface area (Å²) in [7, 11) is 0. The number of para-hydroxylation sites is 1. The van der Waals surface area contributed by atoms with Gasteiger partial charge in [-0.15, -0.1) is 5.10 Å². The fourth-order valence-corrected chi connectivity index (χ4v) is 2.60. The number of hydrogen-bond acceptors (Lipinski definition) is 5. The summed E-state index contributed by atoms with van der Waals surface area (Å²) in [5.74, 6) is 2.84. The molecular weight excluding hydrogens is 314 g/mol. The molecule has 6 heteroatoms. The van der Waals surface area contributed by atoms with Crippen LogP contribution in [0.15, 0.2) is 42.5 Å². The Labute approximate surface area is 147 Å². The van der Waals surface area contributed by atoms with Crippen molar-refractivity contribution in [1.82, 2.24) is 15.2 Å². The summed E-state index contributed by atoms with van der Waals surface area (Å²) in [4.78, 5) is 4.05. The van der Waals surface area contributed by atoms with Gasteiger partial charge < -0.3 is 15.8 Å². The van der Waals surface area contributed by atoms with Crippen molar-refractivity contribution in [3.05, 3.63) is 59.2 Å². The number of hydrogen-bond donors (Lipinski definition) is 3. The second kappa shape index (κ2) is 7.25. The number of aryl methyl sites for hydroxylation is 1. The van der Waals surface area contributed by atoms with Gasteiger partial charge in [-0.3, -0.25) is 0 Å². The summed E-state index contributed by atoms with van der Waals surface area (Å²) < 4.78 is 6.26. The van der Waals surface area contributed by atoms with Crippen LogP contribution in [0.3, 0.4) is 0 Å². The van der Waals surface area contributed by atoms with Crippen LogP contribution in [0.4, 0.5) is 11.9 Å². The Kier molecular flexibility index (Phi) is 4.88. The normalized spacial score (nSPS) is 10.9. The molecule has 1 heterocycles. The van der Waals surface area contributed by atoms with Crippen molar-refractivity contribution in [1.29, 1.82) is 0 Å². The third-order valence-electron chi connectivity index (χ3n) is 3.92. The predicted molar refractivity (Wildman–Crippen MR) is 99.9 cm³/mol. The van der Waals surface area contributed by atoms with E-state index in [4.69, 9.17) is 10.5 Å². The van der Waals surface area contributed by atoms with E-state index >= 15 is 0 Å². The SMILES string of the molecule is Cc1ccc(C(C)C)c(Oc2ccccc2CNc2n[nH]c(N)n2)c1. The maximum Gasteiger partial charge on any atom is 0.243 e. The van der Waals surface area contributed by atoms with Crippen LogP contribution in [0.1, 0.15) is 36.5 Å². The van der Waals surface area contributed by atoms with Crippen LogP contribution in [0.25, 0.3) is 0 Å².